The predicted octanol–water partition coefficient (Wildman–Crippen LogP) is 4.77. The Labute approximate surface area is 179 Å². The second-order valence-electron chi connectivity index (χ2n) is 6.73. The van der Waals surface area contributed by atoms with E-state index in [0.29, 0.717) is 22.8 Å². The van der Waals surface area contributed by atoms with E-state index >= 15 is 0 Å². The molecule has 6 nitrogen and oxygen atoms in total. The molecule has 0 aliphatic carbocycles. The summed E-state index contributed by atoms with van der Waals surface area (Å²) in [5.41, 5.74) is 2.63. The Kier molecular flexibility index (Phi) is 5.72. The van der Waals surface area contributed by atoms with Crippen LogP contribution >= 0.6 is 11.3 Å². The fraction of sp³-hybridized carbons (Fsp3) is 0.217. The molecule has 1 unspecified atom stereocenters. The van der Waals surface area contributed by atoms with Crippen molar-refractivity contribution in [3.63, 3.8) is 0 Å². The number of thiophene rings is 1. The first kappa shape index (κ1) is 20.0. The number of hydrogen-bond donors (Lipinski definition) is 0. The van der Waals surface area contributed by atoms with Crippen LogP contribution in [-0.2, 0) is 0 Å². The van der Waals surface area contributed by atoms with Crippen molar-refractivity contribution >= 4 is 23.0 Å². The van der Waals surface area contributed by atoms with E-state index < -0.39 is 0 Å². The molecule has 1 aliphatic rings. The van der Waals surface area contributed by atoms with Gasteiger partial charge >= 0.3 is 0 Å². The number of carbonyl (C=O) groups excluding carboxylic acids is 1. The van der Waals surface area contributed by atoms with E-state index in [1.807, 2.05) is 60.0 Å². The summed E-state index contributed by atoms with van der Waals surface area (Å²) >= 11 is 1.41. The number of methoxy groups -OCH3 is 3. The molecule has 7 heteroatoms. The minimum Gasteiger partial charge on any atom is -0.497 e. The number of nitrogens with zero attached hydrogens (tertiary/aromatic N) is 2. The summed E-state index contributed by atoms with van der Waals surface area (Å²) in [7, 11) is 4.86. The zero-order valence-electron chi connectivity index (χ0n) is 17.0. The smallest absolute Gasteiger partial charge is 0.284 e. The third kappa shape index (κ3) is 3.76. The van der Waals surface area contributed by atoms with Gasteiger partial charge in [-0.25, -0.2) is 5.01 Å². The van der Waals surface area contributed by atoms with Crippen molar-refractivity contribution in [2.75, 3.05) is 21.3 Å². The molecule has 1 aromatic heterocycles. The van der Waals surface area contributed by atoms with Crippen molar-refractivity contribution in [3.05, 3.63) is 76.0 Å². The second-order valence-corrected chi connectivity index (χ2v) is 7.68. The molecule has 154 valence electrons. The summed E-state index contributed by atoms with van der Waals surface area (Å²) in [6.07, 6.45) is 0.576. The molecule has 1 atom stereocenters. The molecule has 4 rings (SSSR count). The number of rotatable bonds is 6. The lowest BCUT2D eigenvalue weighted by Gasteiger charge is -2.21. The van der Waals surface area contributed by atoms with E-state index in [4.69, 9.17) is 19.3 Å². The first-order chi connectivity index (χ1) is 14.6. The van der Waals surface area contributed by atoms with Gasteiger partial charge in [-0.2, -0.15) is 5.10 Å². The van der Waals surface area contributed by atoms with Gasteiger partial charge in [0.25, 0.3) is 5.91 Å². The van der Waals surface area contributed by atoms with Gasteiger partial charge in [-0.1, -0.05) is 18.2 Å². The largest absolute Gasteiger partial charge is 0.497 e. The van der Waals surface area contributed by atoms with Crippen LogP contribution in [0.25, 0.3) is 0 Å². The lowest BCUT2D eigenvalue weighted by Crippen LogP contribution is -2.26. The van der Waals surface area contributed by atoms with Gasteiger partial charge in [-0.05, 0) is 41.3 Å². The molecular weight excluding hydrogens is 400 g/mol. The predicted molar refractivity (Wildman–Crippen MR) is 117 cm³/mol. The summed E-state index contributed by atoms with van der Waals surface area (Å²) in [4.78, 5) is 13.9. The summed E-state index contributed by atoms with van der Waals surface area (Å²) in [5.74, 6) is 2.01. The highest BCUT2D eigenvalue weighted by atomic mass is 32.1. The molecule has 1 aliphatic heterocycles. The number of carbonyl (C=O) groups is 1. The Morgan fingerprint density at radius 1 is 1.00 bits per heavy atom. The van der Waals surface area contributed by atoms with Crippen molar-refractivity contribution in [1.82, 2.24) is 5.01 Å². The van der Waals surface area contributed by atoms with Crippen LogP contribution in [0.5, 0.6) is 17.2 Å². The van der Waals surface area contributed by atoms with Crippen molar-refractivity contribution in [3.8, 4) is 17.2 Å². The van der Waals surface area contributed by atoms with Crippen molar-refractivity contribution in [2.24, 2.45) is 5.10 Å². The zero-order chi connectivity index (χ0) is 21.1. The van der Waals surface area contributed by atoms with E-state index in [1.54, 1.807) is 26.3 Å². The molecule has 0 spiro atoms. The van der Waals surface area contributed by atoms with Crippen LogP contribution in [0.15, 0.2) is 65.1 Å². The molecule has 0 saturated carbocycles. The number of amides is 1. The topological polar surface area (TPSA) is 60.4 Å². The SMILES string of the molecule is COc1ccc(C2CC(c3ccc(OC)cc3OC)=NN2C(=O)c2cccs2)cc1. The van der Waals surface area contributed by atoms with Gasteiger partial charge in [0.2, 0.25) is 0 Å². The van der Waals surface area contributed by atoms with Crippen LogP contribution < -0.4 is 14.2 Å². The molecule has 0 fully saturated rings. The van der Waals surface area contributed by atoms with Gasteiger partial charge < -0.3 is 14.2 Å². The quantitative estimate of drug-likeness (QED) is 0.574. The molecule has 0 saturated heterocycles. The lowest BCUT2D eigenvalue weighted by molar-refractivity contribution is 0.0716. The number of benzene rings is 2. The molecule has 1 amide bonds. The molecular formula is C23H22N2O4S. The van der Waals surface area contributed by atoms with E-state index in [0.717, 1.165) is 22.6 Å². The van der Waals surface area contributed by atoms with E-state index in [9.17, 15) is 4.79 Å². The summed E-state index contributed by atoms with van der Waals surface area (Å²) in [6.45, 7) is 0. The number of hydrazone groups is 1. The van der Waals surface area contributed by atoms with Crippen LogP contribution in [0.1, 0.15) is 33.3 Å². The minimum atomic E-state index is -0.215. The van der Waals surface area contributed by atoms with E-state index in [1.165, 1.54) is 11.3 Å². The molecule has 3 aromatic rings. The van der Waals surface area contributed by atoms with Gasteiger partial charge in [-0.15, -0.1) is 11.3 Å². The number of ether oxygens (including phenoxy) is 3. The van der Waals surface area contributed by atoms with Gasteiger partial charge in [-0.3, -0.25) is 4.79 Å². The Balaban J connectivity index is 1.74. The normalized spacial score (nSPS) is 15.6. The van der Waals surface area contributed by atoms with Gasteiger partial charge in [0.1, 0.15) is 17.2 Å². The molecule has 2 heterocycles. The molecule has 0 bridgehead atoms. The van der Waals surface area contributed by atoms with Crippen molar-refractivity contribution in [1.29, 1.82) is 0 Å². The van der Waals surface area contributed by atoms with Crippen LogP contribution in [0.2, 0.25) is 0 Å². The maximum atomic E-state index is 13.2. The van der Waals surface area contributed by atoms with E-state index in [-0.39, 0.29) is 11.9 Å². The third-order valence-corrected chi connectivity index (χ3v) is 5.93. The zero-order valence-corrected chi connectivity index (χ0v) is 17.8. The van der Waals surface area contributed by atoms with E-state index in [2.05, 4.69) is 0 Å². The van der Waals surface area contributed by atoms with Crippen LogP contribution in [0, 0.1) is 0 Å². The van der Waals surface area contributed by atoms with Crippen LogP contribution in [0.4, 0.5) is 0 Å². The Morgan fingerprint density at radius 3 is 2.37 bits per heavy atom. The molecule has 2 aromatic carbocycles. The molecule has 0 N–H and O–H groups in total. The second kappa shape index (κ2) is 8.59. The van der Waals surface area contributed by atoms with Crippen LogP contribution in [-0.4, -0.2) is 38.0 Å². The fourth-order valence-corrected chi connectivity index (χ4v) is 4.15. The lowest BCUT2D eigenvalue weighted by atomic mass is 9.97. The highest BCUT2D eigenvalue weighted by molar-refractivity contribution is 7.12. The highest BCUT2D eigenvalue weighted by Gasteiger charge is 2.35. The fourth-order valence-electron chi connectivity index (χ4n) is 3.50. The Bertz CT molecular complexity index is 1060. The Morgan fingerprint density at radius 2 is 1.73 bits per heavy atom. The molecule has 30 heavy (non-hydrogen) atoms. The first-order valence-corrected chi connectivity index (χ1v) is 10.3. The average Bonchev–Trinajstić information content (AvgIpc) is 3.49. The molecule has 0 radical (unpaired) electrons. The number of hydrogen-bond acceptors (Lipinski definition) is 6. The summed E-state index contributed by atoms with van der Waals surface area (Å²) in [6, 6.07) is 16.8. The van der Waals surface area contributed by atoms with Crippen LogP contribution in [0.3, 0.4) is 0 Å². The first-order valence-electron chi connectivity index (χ1n) is 9.45. The van der Waals surface area contributed by atoms with Gasteiger partial charge in [0, 0.05) is 18.1 Å². The van der Waals surface area contributed by atoms with Crippen molar-refractivity contribution < 1.29 is 19.0 Å². The monoisotopic (exact) mass is 422 g/mol. The van der Waals surface area contributed by atoms with Gasteiger partial charge in [0.05, 0.1) is 38.0 Å². The highest BCUT2D eigenvalue weighted by Crippen LogP contribution is 2.37. The average molecular weight is 423 g/mol. The maximum absolute atomic E-state index is 13.2. The standard InChI is InChI=1S/C23H22N2O4S/c1-27-16-8-6-15(7-9-16)20-14-19(18-11-10-17(28-2)13-21(18)29-3)24-25(20)23(26)22-5-4-12-30-22/h4-13,20H,14H2,1-3H3. The summed E-state index contributed by atoms with van der Waals surface area (Å²) in [5, 5.41) is 8.20. The Hall–Kier alpha value is -3.32. The van der Waals surface area contributed by atoms with Gasteiger partial charge in [0.15, 0.2) is 0 Å². The minimum absolute atomic E-state index is 0.117. The van der Waals surface area contributed by atoms with Crippen molar-refractivity contribution in [2.45, 2.75) is 12.5 Å². The summed E-state index contributed by atoms with van der Waals surface area (Å²) < 4.78 is 16.1. The third-order valence-electron chi connectivity index (χ3n) is 5.07. The maximum Gasteiger partial charge on any atom is 0.284 e.